The number of aromatic nitrogens is 3. The lowest BCUT2D eigenvalue weighted by atomic mass is 10.3. The molecule has 15 heavy (non-hydrogen) atoms. The quantitative estimate of drug-likeness (QED) is 0.853. The number of halogens is 2. The summed E-state index contributed by atoms with van der Waals surface area (Å²) in [5.74, 6) is 0.630. The number of aryl methyl sites for hydroxylation is 1. The highest BCUT2D eigenvalue weighted by Crippen LogP contribution is 2.23. The number of hydrogen-bond donors (Lipinski definition) is 0. The Hall–Kier alpha value is -1.07. The van der Waals surface area contributed by atoms with Gasteiger partial charge in [-0.25, -0.2) is 4.68 Å². The fourth-order valence-electron chi connectivity index (χ4n) is 1.06. The number of nitrogens with zero attached hydrogens (tertiary/aromatic N) is 3. The van der Waals surface area contributed by atoms with Crippen LogP contribution in [-0.4, -0.2) is 14.8 Å². The van der Waals surface area contributed by atoms with Crippen molar-refractivity contribution >= 4 is 27.5 Å². The molecular formula is C9H7BrClN3O. The van der Waals surface area contributed by atoms with Crippen LogP contribution in [0, 0.1) is 0 Å². The van der Waals surface area contributed by atoms with E-state index in [0.29, 0.717) is 21.5 Å². The van der Waals surface area contributed by atoms with Crippen LogP contribution in [0.15, 0.2) is 29.0 Å². The van der Waals surface area contributed by atoms with E-state index in [1.807, 2.05) is 6.07 Å². The monoisotopic (exact) mass is 287 g/mol. The van der Waals surface area contributed by atoms with Gasteiger partial charge in [-0.05, 0) is 34.1 Å². The first kappa shape index (κ1) is 10.4. The average molecular weight is 289 g/mol. The van der Waals surface area contributed by atoms with Crippen LogP contribution < -0.4 is 4.74 Å². The van der Waals surface area contributed by atoms with Gasteiger partial charge < -0.3 is 4.74 Å². The van der Waals surface area contributed by atoms with Gasteiger partial charge in [0.05, 0.1) is 0 Å². The average Bonchev–Trinajstić information content (AvgIpc) is 2.45. The normalized spacial score (nSPS) is 10.3. The molecule has 4 nitrogen and oxygen atoms in total. The Morgan fingerprint density at radius 2 is 2.27 bits per heavy atom. The molecule has 2 aromatic rings. The lowest BCUT2D eigenvalue weighted by Crippen LogP contribution is -1.95. The lowest BCUT2D eigenvalue weighted by molar-refractivity contribution is 0.415. The van der Waals surface area contributed by atoms with E-state index in [9.17, 15) is 0 Å². The summed E-state index contributed by atoms with van der Waals surface area (Å²) >= 11 is 8.99. The van der Waals surface area contributed by atoms with Gasteiger partial charge in [-0.2, -0.15) is 4.98 Å². The van der Waals surface area contributed by atoms with Gasteiger partial charge >= 0.3 is 6.01 Å². The topological polar surface area (TPSA) is 39.9 Å². The van der Waals surface area contributed by atoms with Gasteiger partial charge in [0.25, 0.3) is 0 Å². The molecule has 0 bridgehead atoms. The van der Waals surface area contributed by atoms with Crippen molar-refractivity contribution < 1.29 is 4.74 Å². The van der Waals surface area contributed by atoms with Crippen molar-refractivity contribution in [2.45, 2.75) is 0 Å². The second-order valence-electron chi connectivity index (χ2n) is 2.85. The molecule has 0 atom stereocenters. The van der Waals surface area contributed by atoms with Crippen LogP contribution in [0.4, 0.5) is 0 Å². The Bertz CT molecular complexity index is 486. The molecule has 0 radical (unpaired) electrons. The maximum atomic E-state index is 5.82. The Labute approximate surface area is 100.0 Å². The smallest absolute Gasteiger partial charge is 0.321 e. The third-order valence-corrected chi connectivity index (χ3v) is 2.27. The van der Waals surface area contributed by atoms with Crippen molar-refractivity contribution in [3.05, 3.63) is 34.0 Å². The summed E-state index contributed by atoms with van der Waals surface area (Å²) in [4.78, 5) is 4.04. The molecule has 1 heterocycles. The summed E-state index contributed by atoms with van der Waals surface area (Å²) in [6, 6.07) is 7.51. The van der Waals surface area contributed by atoms with E-state index in [4.69, 9.17) is 16.3 Å². The van der Waals surface area contributed by atoms with Crippen molar-refractivity contribution in [1.82, 2.24) is 14.8 Å². The van der Waals surface area contributed by atoms with Crippen LogP contribution in [-0.2, 0) is 7.05 Å². The van der Waals surface area contributed by atoms with E-state index in [1.54, 1.807) is 25.2 Å². The molecule has 0 fully saturated rings. The second kappa shape index (κ2) is 4.20. The summed E-state index contributed by atoms with van der Waals surface area (Å²) in [6.45, 7) is 0. The first-order valence-corrected chi connectivity index (χ1v) is 5.32. The molecule has 0 aliphatic rings. The minimum Gasteiger partial charge on any atom is -0.424 e. The Morgan fingerprint density at radius 3 is 2.87 bits per heavy atom. The molecule has 0 N–H and O–H groups in total. The molecule has 78 valence electrons. The highest BCUT2D eigenvalue weighted by Gasteiger charge is 2.07. The van der Waals surface area contributed by atoms with Crippen LogP contribution in [0.5, 0.6) is 11.8 Å². The predicted octanol–water partition coefficient (Wildman–Crippen LogP) is 3.02. The zero-order chi connectivity index (χ0) is 10.8. The molecule has 0 amide bonds. The van der Waals surface area contributed by atoms with Crippen molar-refractivity contribution in [2.24, 2.45) is 7.05 Å². The van der Waals surface area contributed by atoms with Crippen molar-refractivity contribution in [3.63, 3.8) is 0 Å². The molecule has 0 spiro atoms. The van der Waals surface area contributed by atoms with Crippen LogP contribution in [0.3, 0.4) is 0 Å². The lowest BCUT2D eigenvalue weighted by Gasteiger charge is -2.03. The molecule has 2 rings (SSSR count). The van der Waals surface area contributed by atoms with Gasteiger partial charge in [-0.3, -0.25) is 0 Å². The minimum atomic E-state index is 0.407. The van der Waals surface area contributed by atoms with Gasteiger partial charge in [0.2, 0.25) is 4.73 Å². The maximum Gasteiger partial charge on any atom is 0.321 e. The second-order valence-corrected chi connectivity index (χ2v) is 3.99. The Kier molecular flexibility index (Phi) is 2.93. The first-order valence-electron chi connectivity index (χ1n) is 4.15. The summed E-state index contributed by atoms with van der Waals surface area (Å²) < 4.78 is 7.51. The van der Waals surface area contributed by atoms with E-state index >= 15 is 0 Å². The molecule has 0 unspecified atom stereocenters. The SMILES string of the molecule is Cn1nc(Br)nc1Oc1cccc(Cl)c1. The van der Waals surface area contributed by atoms with E-state index in [2.05, 4.69) is 26.0 Å². The summed E-state index contributed by atoms with van der Waals surface area (Å²) in [5, 5.41) is 4.61. The Morgan fingerprint density at radius 1 is 1.47 bits per heavy atom. The molecule has 1 aromatic carbocycles. The summed E-state index contributed by atoms with van der Waals surface area (Å²) in [5.41, 5.74) is 0. The van der Waals surface area contributed by atoms with Crippen molar-refractivity contribution in [1.29, 1.82) is 0 Å². The van der Waals surface area contributed by atoms with Gasteiger partial charge in [0.1, 0.15) is 5.75 Å². The maximum absolute atomic E-state index is 5.82. The van der Waals surface area contributed by atoms with E-state index in [0.717, 1.165) is 0 Å². The molecule has 0 saturated carbocycles. The molecule has 0 aliphatic heterocycles. The zero-order valence-electron chi connectivity index (χ0n) is 7.82. The van der Waals surface area contributed by atoms with Gasteiger partial charge in [-0.15, -0.1) is 5.10 Å². The standard InChI is InChI=1S/C9H7BrClN3O/c1-14-9(12-8(10)13-14)15-7-4-2-3-6(11)5-7/h2-5H,1H3. The van der Waals surface area contributed by atoms with Crippen LogP contribution in [0.1, 0.15) is 0 Å². The van der Waals surface area contributed by atoms with Crippen LogP contribution in [0.2, 0.25) is 5.02 Å². The predicted molar refractivity (Wildman–Crippen MR) is 60.2 cm³/mol. The van der Waals surface area contributed by atoms with Gasteiger partial charge in [0, 0.05) is 12.1 Å². The molecular weight excluding hydrogens is 281 g/mol. The highest BCUT2D eigenvalue weighted by molar-refractivity contribution is 9.10. The number of benzene rings is 1. The zero-order valence-corrected chi connectivity index (χ0v) is 10.2. The van der Waals surface area contributed by atoms with Crippen LogP contribution in [0.25, 0.3) is 0 Å². The molecule has 0 aliphatic carbocycles. The summed E-state index contributed by atoms with van der Waals surface area (Å²) in [6.07, 6.45) is 0. The highest BCUT2D eigenvalue weighted by atomic mass is 79.9. The largest absolute Gasteiger partial charge is 0.424 e. The molecule has 6 heteroatoms. The third kappa shape index (κ3) is 2.49. The third-order valence-electron chi connectivity index (χ3n) is 1.70. The summed E-state index contributed by atoms with van der Waals surface area (Å²) in [7, 11) is 1.75. The molecule has 0 saturated heterocycles. The fraction of sp³-hybridized carbons (Fsp3) is 0.111. The van der Waals surface area contributed by atoms with E-state index in [1.165, 1.54) is 4.68 Å². The number of hydrogen-bond acceptors (Lipinski definition) is 3. The Balaban J connectivity index is 2.25. The number of ether oxygens (including phenoxy) is 1. The number of rotatable bonds is 2. The van der Waals surface area contributed by atoms with Gasteiger partial charge in [-0.1, -0.05) is 17.7 Å². The van der Waals surface area contributed by atoms with Gasteiger partial charge in [0.15, 0.2) is 0 Å². The van der Waals surface area contributed by atoms with Crippen molar-refractivity contribution in [3.8, 4) is 11.8 Å². The van der Waals surface area contributed by atoms with Crippen LogP contribution >= 0.6 is 27.5 Å². The molecule has 1 aromatic heterocycles. The van der Waals surface area contributed by atoms with Crippen molar-refractivity contribution in [2.75, 3.05) is 0 Å². The van der Waals surface area contributed by atoms with E-state index < -0.39 is 0 Å². The minimum absolute atomic E-state index is 0.407. The van der Waals surface area contributed by atoms with E-state index in [-0.39, 0.29) is 0 Å². The first-order chi connectivity index (χ1) is 7.15. The fourth-order valence-corrected chi connectivity index (χ4v) is 1.63.